The van der Waals surface area contributed by atoms with Gasteiger partial charge >= 0.3 is 6.09 Å². The number of hydrogen-bond donors (Lipinski definition) is 1. The van der Waals surface area contributed by atoms with E-state index in [1.54, 1.807) is 0 Å². The van der Waals surface area contributed by atoms with Crippen molar-refractivity contribution >= 4 is 11.9 Å². The maximum absolute atomic E-state index is 12.0. The Labute approximate surface area is 109 Å². The quantitative estimate of drug-likeness (QED) is 0.793. The molecule has 1 rings (SSSR count). The summed E-state index contributed by atoms with van der Waals surface area (Å²) in [7, 11) is 0. The number of Topliss-reactive ketones (excluding diaryl/α,β-unsaturated/α-hetero) is 1. The number of alkyl carbamates (subject to hydrolysis) is 1. The molecular weight excluding hydrogens is 230 g/mol. The van der Waals surface area contributed by atoms with Gasteiger partial charge in [0.05, 0.1) is 6.04 Å². The fraction of sp³-hybridized carbons (Fsp3) is 0.857. The molecule has 1 saturated carbocycles. The third kappa shape index (κ3) is 6.03. The topological polar surface area (TPSA) is 55.4 Å². The average Bonchev–Trinajstić information content (AvgIpc) is 2.98. The molecule has 0 spiro atoms. The van der Waals surface area contributed by atoms with E-state index in [1.807, 2.05) is 27.7 Å². The van der Waals surface area contributed by atoms with Gasteiger partial charge < -0.3 is 10.1 Å². The van der Waals surface area contributed by atoms with Crippen LogP contribution < -0.4 is 5.32 Å². The molecule has 1 aliphatic carbocycles. The zero-order valence-corrected chi connectivity index (χ0v) is 11.9. The summed E-state index contributed by atoms with van der Waals surface area (Å²) >= 11 is 0. The molecule has 1 amide bonds. The van der Waals surface area contributed by atoms with E-state index in [1.165, 1.54) is 0 Å². The van der Waals surface area contributed by atoms with E-state index in [0.717, 1.165) is 19.3 Å². The molecule has 1 atom stereocenters. The molecule has 18 heavy (non-hydrogen) atoms. The fourth-order valence-electron chi connectivity index (χ4n) is 1.80. The lowest BCUT2D eigenvalue weighted by Gasteiger charge is -2.23. The summed E-state index contributed by atoms with van der Waals surface area (Å²) in [5.41, 5.74) is -0.527. The zero-order valence-electron chi connectivity index (χ0n) is 11.9. The summed E-state index contributed by atoms with van der Waals surface area (Å²) in [6.07, 6.45) is 3.96. The van der Waals surface area contributed by atoms with E-state index >= 15 is 0 Å². The minimum absolute atomic E-state index is 0.144. The maximum atomic E-state index is 12.0. The van der Waals surface area contributed by atoms with Gasteiger partial charge in [0.15, 0.2) is 5.78 Å². The van der Waals surface area contributed by atoms with Gasteiger partial charge in [-0.1, -0.05) is 13.3 Å². The molecule has 0 radical (unpaired) electrons. The molecule has 4 heteroatoms. The molecule has 0 heterocycles. The summed E-state index contributed by atoms with van der Waals surface area (Å²) < 4.78 is 5.18. The van der Waals surface area contributed by atoms with Gasteiger partial charge in [0.25, 0.3) is 0 Å². The van der Waals surface area contributed by atoms with Crippen LogP contribution in [0.25, 0.3) is 0 Å². The van der Waals surface area contributed by atoms with Crippen molar-refractivity contribution in [3.8, 4) is 0 Å². The highest BCUT2D eigenvalue weighted by Gasteiger charge is 2.29. The molecule has 1 aliphatic rings. The highest BCUT2D eigenvalue weighted by Crippen LogP contribution is 2.33. The van der Waals surface area contributed by atoms with Gasteiger partial charge in [0, 0.05) is 6.42 Å². The van der Waals surface area contributed by atoms with E-state index < -0.39 is 11.7 Å². The van der Waals surface area contributed by atoms with Crippen LogP contribution in [-0.4, -0.2) is 23.5 Å². The third-order valence-electron chi connectivity index (χ3n) is 2.84. The lowest BCUT2D eigenvalue weighted by Crippen LogP contribution is -2.43. The summed E-state index contributed by atoms with van der Waals surface area (Å²) in [6.45, 7) is 7.45. The summed E-state index contributed by atoms with van der Waals surface area (Å²) in [5, 5.41) is 2.70. The smallest absolute Gasteiger partial charge is 0.408 e. The van der Waals surface area contributed by atoms with Gasteiger partial charge in [-0.25, -0.2) is 4.79 Å². The van der Waals surface area contributed by atoms with Crippen molar-refractivity contribution in [3.05, 3.63) is 0 Å². The van der Waals surface area contributed by atoms with E-state index in [2.05, 4.69) is 5.32 Å². The zero-order chi connectivity index (χ0) is 13.8. The lowest BCUT2D eigenvalue weighted by atomic mass is 10.0. The predicted octanol–water partition coefficient (Wildman–Crippen LogP) is 3.05. The van der Waals surface area contributed by atoms with Crippen LogP contribution in [0.1, 0.15) is 59.8 Å². The number of rotatable bonds is 6. The Hall–Kier alpha value is -1.06. The average molecular weight is 255 g/mol. The molecule has 0 saturated heterocycles. The van der Waals surface area contributed by atoms with Crippen molar-refractivity contribution in [2.24, 2.45) is 5.92 Å². The van der Waals surface area contributed by atoms with Crippen molar-refractivity contribution in [1.82, 2.24) is 5.32 Å². The lowest BCUT2D eigenvalue weighted by molar-refractivity contribution is -0.121. The molecule has 0 aromatic heterocycles. The van der Waals surface area contributed by atoms with Gasteiger partial charge in [0.2, 0.25) is 0 Å². The predicted molar refractivity (Wildman–Crippen MR) is 70.4 cm³/mol. The van der Waals surface area contributed by atoms with Crippen molar-refractivity contribution in [1.29, 1.82) is 0 Å². The normalized spacial score (nSPS) is 17.1. The molecule has 1 N–H and O–H groups in total. The van der Waals surface area contributed by atoms with Crippen LogP contribution in [0.2, 0.25) is 0 Å². The monoisotopic (exact) mass is 255 g/mol. The summed E-state index contributed by atoms with van der Waals surface area (Å²) in [5.74, 6) is 0.697. The summed E-state index contributed by atoms with van der Waals surface area (Å²) in [6, 6.07) is -0.384. The summed E-state index contributed by atoms with van der Waals surface area (Å²) in [4.78, 5) is 23.7. The van der Waals surface area contributed by atoms with E-state index in [0.29, 0.717) is 18.8 Å². The minimum atomic E-state index is -0.527. The van der Waals surface area contributed by atoms with Crippen LogP contribution in [0, 0.1) is 5.92 Å². The first kappa shape index (κ1) is 15.0. The Kier molecular flexibility index (Phi) is 5.17. The number of hydrogen-bond acceptors (Lipinski definition) is 3. The molecule has 0 aromatic carbocycles. The second-order valence-corrected chi connectivity index (χ2v) is 6.10. The molecule has 0 bridgehead atoms. The standard InChI is InChI=1S/C14H25NO3/c1-5-6-11(12(16)9-10-7-8-10)15-13(17)18-14(2,3)4/h10-11H,5-9H2,1-4H3,(H,15,17). The molecule has 0 aliphatic heterocycles. The SMILES string of the molecule is CCCC(NC(=O)OC(C)(C)C)C(=O)CC1CC1. The molecule has 4 nitrogen and oxygen atoms in total. The number of ketones is 1. The second-order valence-electron chi connectivity index (χ2n) is 6.10. The number of amides is 1. The van der Waals surface area contributed by atoms with Crippen molar-refractivity contribution in [2.75, 3.05) is 0 Å². The Morgan fingerprint density at radius 3 is 2.39 bits per heavy atom. The van der Waals surface area contributed by atoms with Crippen LogP contribution in [0.15, 0.2) is 0 Å². The highest BCUT2D eigenvalue weighted by molar-refractivity contribution is 5.87. The maximum Gasteiger partial charge on any atom is 0.408 e. The number of nitrogens with one attached hydrogen (secondary N) is 1. The minimum Gasteiger partial charge on any atom is -0.444 e. The number of carbonyl (C=O) groups is 2. The van der Waals surface area contributed by atoms with Gasteiger partial charge in [0.1, 0.15) is 5.60 Å². The van der Waals surface area contributed by atoms with Crippen molar-refractivity contribution < 1.29 is 14.3 Å². The Bertz CT molecular complexity index is 303. The van der Waals surface area contributed by atoms with Crippen LogP contribution in [-0.2, 0) is 9.53 Å². The largest absolute Gasteiger partial charge is 0.444 e. The Morgan fingerprint density at radius 1 is 1.33 bits per heavy atom. The van der Waals surface area contributed by atoms with Crippen molar-refractivity contribution in [2.45, 2.75) is 71.4 Å². The number of ether oxygens (including phenoxy) is 1. The van der Waals surface area contributed by atoms with E-state index in [-0.39, 0.29) is 11.8 Å². The fourth-order valence-corrected chi connectivity index (χ4v) is 1.80. The second kappa shape index (κ2) is 6.21. The first-order chi connectivity index (χ1) is 8.31. The Balaban J connectivity index is 2.45. The molecule has 1 fully saturated rings. The molecular formula is C14H25NO3. The Morgan fingerprint density at radius 2 is 1.94 bits per heavy atom. The van der Waals surface area contributed by atoms with Gasteiger partial charge in [-0.05, 0) is 46.0 Å². The first-order valence-electron chi connectivity index (χ1n) is 6.84. The van der Waals surface area contributed by atoms with Crippen molar-refractivity contribution in [3.63, 3.8) is 0 Å². The van der Waals surface area contributed by atoms with E-state index in [9.17, 15) is 9.59 Å². The highest BCUT2D eigenvalue weighted by atomic mass is 16.6. The first-order valence-corrected chi connectivity index (χ1v) is 6.84. The van der Waals surface area contributed by atoms with Crippen LogP contribution in [0.3, 0.4) is 0 Å². The van der Waals surface area contributed by atoms with Crippen LogP contribution in [0.4, 0.5) is 4.79 Å². The molecule has 104 valence electrons. The van der Waals surface area contributed by atoms with Crippen LogP contribution in [0.5, 0.6) is 0 Å². The van der Waals surface area contributed by atoms with Gasteiger partial charge in [-0.2, -0.15) is 0 Å². The van der Waals surface area contributed by atoms with Gasteiger partial charge in [-0.3, -0.25) is 4.79 Å². The molecule has 0 aromatic rings. The number of carbonyl (C=O) groups excluding carboxylic acids is 2. The molecule has 1 unspecified atom stereocenters. The van der Waals surface area contributed by atoms with E-state index in [4.69, 9.17) is 4.74 Å². The van der Waals surface area contributed by atoms with Crippen LogP contribution >= 0.6 is 0 Å². The third-order valence-corrected chi connectivity index (χ3v) is 2.84. The van der Waals surface area contributed by atoms with Gasteiger partial charge in [-0.15, -0.1) is 0 Å².